The first-order chi connectivity index (χ1) is 9.72. The lowest BCUT2D eigenvalue weighted by atomic mass is 9.85. The largest absolute Gasteiger partial charge is 0.391 e. The van der Waals surface area contributed by atoms with Crippen molar-refractivity contribution in [1.29, 1.82) is 0 Å². The van der Waals surface area contributed by atoms with E-state index >= 15 is 0 Å². The van der Waals surface area contributed by atoms with E-state index in [0.29, 0.717) is 31.7 Å². The molecule has 124 valence electrons. The maximum absolute atomic E-state index is 12.6. The van der Waals surface area contributed by atoms with Crippen molar-refractivity contribution in [3.63, 3.8) is 0 Å². The molecule has 0 aliphatic heterocycles. The van der Waals surface area contributed by atoms with E-state index in [4.69, 9.17) is 5.73 Å². The van der Waals surface area contributed by atoms with Gasteiger partial charge in [-0.25, -0.2) is 0 Å². The molecule has 3 nitrogen and oxygen atoms in total. The monoisotopic (exact) mass is 308 g/mol. The smallest absolute Gasteiger partial charge is 0.353 e. The first kappa shape index (κ1) is 18.3. The Balaban J connectivity index is 2.33. The molecule has 0 aromatic carbocycles. The third-order valence-corrected chi connectivity index (χ3v) is 4.17. The third kappa shape index (κ3) is 6.68. The van der Waals surface area contributed by atoms with Crippen molar-refractivity contribution >= 4 is 5.91 Å². The van der Waals surface area contributed by atoms with Gasteiger partial charge in [0.2, 0.25) is 5.91 Å². The van der Waals surface area contributed by atoms with Gasteiger partial charge in [0.05, 0.1) is 5.92 Å². The van der Waals surface area contributed by atoms with Gasteiger partial charge in [0.25, 0.3) is 0 Å². The van der Waals surface area contributed by atoms with E-state index in [9.17, 15) is 18.0 Å². The highest BCUT2D eigenvalue weighted by molar-refractivity contribution is 5.76. The van der Waals surface area contributed by atoms with Crippen LogP contribution in [0.15, 0.2) is 0 Å². The van der Waals surface area contributed by atoms with Gasteiger partial charge in [-0.1, -0.05) is 13.8 Å². The standard InChI is InChI=1S/C15H27F3N2O/c1-10(2)7-11(9-19)8-14(21)20-13-5-3-12(4-6-13)15(16,17)18/h10-13H,3-9,19H2,1-2H3,(H,20,21)/t11-,12?,13?/m0/s1. The molecule has 1 aliphatic rings. The molecule has 1 amide bonds. The van der Waals surface area contributed by atoms with Gasteiger partial charge in [0.15, 0.2) is 0 Å². The summed E-state index contributed by atoms with van der Waals surface area (Å²) in [6, 6.07) is -0.117. The van der Waals surface area contributed by atoms with Crippen molar-refractivity contribution in [2.45, 2.75) is 64.6 Å². The molecule has 1 atom stereocenters. The summed E-state index contributed by atoms with van der Waals surface area (Å²) < 4.78 is 37.7. The van der Waals surface area contributed by atoms with E-state index in [-0.39, 0.29) is 30.7 Å². The molecule has 0 heterocycles. The van der Waals surface area contributed by atoms with Crippen LogP contribution in [-0.2, 0) is 4.79 Å². The zero-order valence-electron chi connectivity index (χ0n) is 12.9. The fourth-order valence-electron chi connectivity index (χ4n) is 3.04. The average Bonchev–Trinajstić information content (AvgIpc) is 2.36. The molecule has 0 aromatic rings. The Morgan fingerprint density at radius 3 is 2.24 bits per heavy atom. The molecule has 3 N–H and O–H groups in total. The first-order valence-corrected chi connectivity index (χ1v) is 7.78. The first-order valence-electron chi connectivity index (χ1n) is 7.78. The number of alkyl halides is 3. The zero-order chi connectivity index (χ0) is 16.0. The lowest BCUT2D eigenvalue weighted by Gasteiger charge is -2.30. The van der Waals surface area contributed by atoms with Crippen LogP contribution in [0.3, 0.4) is 0 Å². The predicted molar refractivity (Wildman–Crippen MR) is 76.6 cm³/mol. The summed E-state index contributed by atoms with van der Waals surface area (Å²) in [5.74, 6) is -0.657. The van der Waals surface area contributed by atoms with Crippen LogP contribution in [0.1, 0.15) is 52.4 Å². The van der Waals surface area contributed by atoms with Gasteiger partial charge >= 0.3 is 6.18 Å². The number of amides is 1. The molecule has 0 unspecified atom stereocenters. The Labute approximate surface area is 124 Å². The number of rotatable bonds is 6. The van der Waals surface area contributed by atoms with Crippen LogP contribution in [0.25, 0.3) is 0 Å². The van der Waals surface area contributed by atoms with E-state index in [1.165, 1.54) is 0 Å². The Bertz CT molecular complexity index is 323. The maximum atomic E-state index is 12.6. The van der Waals surface area contributed by atoms with Gasteiger partial charge in [-0.2, -0.15) is 13.2 Å². The van der Waals surface area contributed by atoms with Gasteiger partial charge in [0, 0.05) is 12.5 Å². The van der Waals surface area contributed by atoms with Crippen LogP contribution in [0, 0.1) is 17.8 Å². The van der Waals surface area contributed by atoms with Gasteiger partial charge in [-0.3, -0.25) is 4.79 Å². The van der Waals surface area contributed by atoms with Crippen molar-refractivity contribution in [3.8, 4) is 0 Å². The summed E-state index contributed by atoms with van der Waals surface area (Å²) in [5, 5.41) is 2.87. The number of hydrogen-bond donors (Lipinski definition) is 2. The van der Waals surface area contributed by atoms with Crippen LogP contribution < -0.4 is 11.1 Å². The summed E-state index contributed by atoms with van der Waals surface area (Å²) in [6.07, 6.45) is -1.79. The van der Waals surface area contributed by atoms with Crippen LogP contribution in [-0.4, -0.2) is 24.7 Å². The lowest BCUT2D eigenvalue weighted by Crippen LogP contribution is -2.41. The Kier molecular flexibility index (Phi) is 6.97. The second-order valence-electron chi connectivity index (χ2n) is 6.59. The van der Waals surface area contributed by atoms with E-state index in [0.717, 1.165) is 6.42 Å². The van der Waals surface area contributed by atoms with Crippen molar-refractivity contribution in [2.75, 3.05) is 6.54 Å². The van der Waals surface area contributed by atoms with Crippen LogP contribution >= 0.6 is 0 Å². The normalized spacial score (nSPS) is 24.9. The highest BCUT2D eigenvalue weighted by Crippen LogP contribution is 2.37. The topological polar surface area (TPSA) is 55.1 Å². The molecule has 6 heteroatoms. The molecule has 0 saturated heterocycles. The van der Waals surface area contributed by atoms with E-state index in [2.05, 4.69) is 19.2 Å². The summed E-state index contributed by atoms with van der Waals surface area (Å²) in [6.45, 7) is 4.63. The Hall–Kier alpha value is -0.780. The number of carbonyl (C=O) groups excluding carboxylic acids is 1. The molecule has 0 spiro atoms. The summed E-state index contributed by atoms with van der Waals surface area (Å²) >= 11 is 0. The number of nitrogens with one attached hydrogen (secondary N) is 1. The molecule has 0 radical (unpaired) electrons. The van der Waals surface area contributed by atoms with Crippen molar-refractivity contribution in [1.82, 2.24) is 5.32 Å². The molecular weight excluding hydrogens is 281 g/mol. The second-order valence-corrected chi connectivity index (χ2v) is 6.59. The maximum Gasteiger partial charge on any atom is 0.391 e. The van der Waals surface area contributed by atoms with Gasteiger partial charge < -0.3 is 11.1 Å². The van der Waals surface area contributed by atoms with E-state index < -0.39 is 12.1 Å². The number of halogens is 3. The Morgan fingerprint density at radius 2 is 1.81 bits per heavy atom. The fourth-order valence-corrected chi connectivity index (χ4v) is 3.04. The molecule has 1 rings (SSSR count). The minimum Gasteiger partial charge on any atom is -0.353 e. The molecule has 0 aromatic heterocycles. The molecule has 21 heavy (non-hydrogen) atoms. The number of hydrogen-bond acceptors (Lipinski definition) is 2. The minimum absolute atomic E-state index is 0.0819. The SMILES string of the molecule is CC(C)C[C@H](CN)CC(=O)NC1CCC(C(F)(F)F)CC1. The highest BCUT2D eigenvalue weighted by atomic mass is 19.4. The highest BCUT2D eigenvalue weighted by Gasteiger charge is 2.41. The molecule has 1 fully saturated rings. The summed E-state index contributed by atoms with van der Waals surface area (Å²) in [4.78, 5) is 12.0. The van der Waals surface area contributed by atoms with Crippen LogP contribution in [0.2, 0.25) is 0 Å². The third-order valence-electron chi connectivity index (χ3n) is 4.17. The lowest BCUT2D eigenvalue weighted by molar-refractivity contribution is -0.182. The molecule has 1 aliphatic carbocycles. The van der Waals surface area contributed by atoms with Crippen molar-refractivity contribution in [2.24, 2.45) is 23.5 Å². The molecular formula is C15H27F3N2O. The second kappa shape index (κ2) is 8.01. The molecule has 1 saturated carbocycles. The van der Waals surface area contributed by atoms with Crippen molar-refractivity contribution < 1.29 is 18.0 Å². The van der Waals surface area contributed by atoms with Gasteiger partial charge in [-0.15, -0.1) is 0 Å². The number of nitrogens with two attached hydrogens (primary N) is 1. The summed E-state index contributed by atoms with van der Waals surface area (Å²) in [7, 11) is 0. The van der Waals surface area contributed by atoms with Crippen molar-refractivity contribution in [3.05, 3.63) is 0 Å². The average molecular weight is 308 g/mol. The quantitative estimate of drug-likeness (QED) is 0.791. The van der Waals surface area contributed by atoms with Gasteiger partial charge in [-0.05, 0) is 50.5 Å². The number of carbonyl (C=O) groups is 1. The Morgan fingerprint density at radius 1 is 1.24 bits per heavy atom. The van der Waals surface area contributed by atoms with E-state index in [1.807, 2.05) is 0 Å². The molecule has 0 bridgehead atoms. The van der Waals surface area contributed by atoms with E-state index in [1.54, 1.807) is 0 Å². The zero-order valence-corrected chi connectivity index (χ0v) is 12.9. The van der Waals surface area contributed by atoms with Gasteiger partial charge in [0.1, 0.15) is 0 Å². The fraction of sp³-hybridized carbons (Fsp3) is 0.933. The minimum atomic E-state index is -4.10. The predicted octanol–water partition coefficient (Wildman–Crippen LogP) is 3.23. The van der Waals surface area contributed by atoms with Crippen LogP contribution in [0.4, 0.5) is 13.2 Å². The summed E-state index contributed by atoms with van der Waals surface area (Å²) in [5.41, 5.74) is 5.66. The van der Waals surface area contributed by atoms with Crippen LogP contribution in [0.5, 0.6) is 0 Å².